The molecule has 16 heavy (non-hydrogen) atoms. The third kappa shape index (κ3) is 2.53. The standard InChI is InChI=1S/C12H14N2O2/c1-15-11-7-9(4-3-5-13)6-10(8-14)12(11)16-2/h3-4,6-7H,5,13H2,1-2H3/b4-3+. The van der Waals surface area contributed by atoms with Crippen LogP contribution in [0.2, 0.25) is 0 Å². The van der Waals surface area contributed by atoms with Crippen molar-refractivity contribution < 1.29 is 9.47 Å². The zero-order chi connectivity index (χ0) is 12.0. The van der Waals surface area contributed by atoms with Crippen LogP contribution in [0.15, 0.2) is 18.2 Å². The summed E-state index contributed by atoms with van der Waals surface area (Å²) >= 11 is 0. The van der Waals surface area contributed by atoms with Crippen molar-refractivity contribution in [3.05, 3.63) is 29.3 Å². The van der Waals surface area contributed by atoms with Gasteiger partial charge in [0, 0.05) is 6.54 Å². The first kappa shape index (κ1) is 12.1. The highest BCUT2D eigenvalue weighted by molar-refractivity contribution is 5.62. The molecule has 0 bridgehead atoms. The molecule has 0 aliphatic rings. The third-order valence-electron chi connectivity index (χ3n) is 2.07. The molecule has 4 heteroatoms. The van der Waals surface area contributed by atoms with Crippen LogP contribution in [0.25, 0.3) is 6.08 Å². The van der Waals surface area contributed by atoms with Crippen LogP contribution in [-0.2, 0) is 0 Å². The number of methoxy groups -OCH3 is 2. The lowest BCUT2D eigenvalue weighted by atomic mass is 10.1. The largest absolute Gasteiger partial charge is 0.493 e. The minimum absolute atomic E-state index is 0.443. The van der Waals surface area contributed by atoms with Gasteiger partial charge in [0.15, 0.2) is 11.5 Å². The van der Waals surface area contributed by atoms with Gasteiger partial charge in [0.05, 0.1) is 19.8 Å². The van der Waals surface area contributed by atoms with E-state index >= 15 is 0 Å². The molecule has 0 saturated heterocycles. The number of nitrogens with zero attached hydrogens (tertiary/aromatic N) is 1. The molecule has 0 amide bonds. The van der Waals surface area contributed by atoms with Crippen molar-refractivity contribution in [1.82, 2.24) is 0 Å². The first-order valence-electron chi connectivity index (χ1n) is 4.79. The highest BCUT2D eigenvalue weighted by Crippen LogP contribution is 2.32. The topological polar surface area (TPSA) is 68.3 Å². The lowest BCUT2D eigenvalue weighted by molar-refractivity contribution is 0.354. The van der Waals surface area contributed by atoms with Crippen LogP contribution < -0.4 is 15.2 Å². The fourth-order valence-electron chi connectivity index (χ4n) is 1.37. The van der Waals surface area contributed by atoms with E-state index in [9.17, 15) is 0 Å². The molecular weight excluding hydrogens is 204 g/mol. The fourth-order valence-corrected chi connectivity index (χ4v) is 1.37. The molecule has 1 aromatic carbocycles. The van der Waals surface area contributed by atoms with Gasteiger partial charge in [-0.2, -0.15) is 5.26 Å². The fraction of sp³-hybridized carbons (Fsp3) is 0.250. The Labute approximate surface area is 94.9 Å². The zero-order valence-corrected chi connectivity index (χ0v) is 9.36. The van der Waals surface area contributed by atoms with E-state index in [1.165, 1.54) is 14.2 Å². The predicted molar refractivity (Wildman–Crippen MR) is 62.3 cm³/mol. The van der Waals surface area contributed by atoms with Crippen molar-refractivity contribution in [2.45, 2.75) is 0 Å². The summed E-state index contributed by atoms with van der Waals surface area (Å²) in [5.74, 6) is 0.994. The second kappa shape index (κ2) is 5.79. The molecule has 0 aliphatic heterocycles. The highest BCUT2D eigenvalue weighted by atomic mass is 16.5. The number of rotatable bonds is 4. The molecule has 0 unspecified atom stereocenters. The third-order valence-corrected chi connectivity index (χ3v) is 2.07. The number of nitrogens with two attached hydrogens (primary N) is 1. The maximum Gasteiger partial charge on any atom is 0.178 e. The van der Waals surface area contributed by atoms with Gasteiger partial charge in [0.25, 0.3) is 0 Å². The molecular formula is C12H14N2O2. The Kier molecular flexibility index (Phi) is 4.37. The van der Waals surface area contributed by atoms with Crippen molar-refractivity contribution in [1.29, 1.82) is 5.26 Å². The maximum atomic E-state index is 8.99. The van der Waals surface area contributed by atoms with Gasteiger partial charge in [-0.1, -0.05) is 12.2 Å². The van der Waals surface area contributed by atoms with Gasteiger partial charge < -0.3 is 15.2 Å². The van der Waals surface area contributed by atoms with Crippen LogP contribution in [0.5, 0.6) is 11.5 Å². The van der Waals surface area contributed by atoms with E-state index in [0.717, 1.165) is 5.56 Å². The van der Waals surface area contributed by atoms with Gasteiger partial charge in [0.1, 0.15) is 6.07 Å². The van der Waals surface area contributed by atoms with Crippen LogP contribution in [0.3, 0.4) is 0 Å². The zero-order valence-electron chi connectivity index (χ0n) is 9.36. The average molecular weight is 218 g/mol. The van der Waals surface area contributed by atoms with E-state index in [1.54, 1.807) is 12.1 Å². The van der Waals surface area contributed by atoms with Gasteiger partial charge in [-0.15, -0.1) is 0 Å². The van der Waals surface area contributed by atoms with E-state index in [2.05, 4.69) is 6.07 Å². The molecule has 1 rings (SSSR count). The van der Waals surface area contributed by atoms with Crippen LogP contribution in [0.4, 0.5) is 0 Å². The van der Waals surface area contributed by atoms with Gasteiger partial charge in [-0.25, -0.2) is 0 Å². The van der Waals surface area contributed by atoms with Crippen LogP contribution in [-0.4, -0.2) is 20.8 Å². The smallest absolute Gasteiger partial charge is 0.178 e. The molecule has 2 N–H and O–H groups in total. The van der Waals surface area contributed by atoms with E-state index in [0.29, 0.717) is 23.6 Å². The number of benzene rings is 1. The first-order valence-corrected chi connectivity index (χ1v) is 4.79. The van der Waals surface area contributed by atoms with Crippen molar-refractivity contribution in [2.75, 3.05) is 20.8 Å². The summed E-state index contributed by atoms with van der Waals surface area (Å²) in [5.41, 5.74) is 6.67. The molecule has 0 fully saturated rings. The first-order chi connectivity index (χ1) is 7.76. The van der Waals surface area contributed by atoms with Crippen LogP contribution in [0.1, 0.15) is 11.1 Å². The molecule has 0 radical (unpaired) electrons. The van der Waals surface area contributed by atoms with Gasteiger partial charge in [-0.3, -0.25) is 0 Å². The van der Waals surface area contributed by atoms with Crippen molar-refractivity contribution in [2.24, 2.45) is 5.73 Å². The Morgan fingerprint density at radius 2 is 2.12 bits per heavy atom. The quantitative estimate of drug-likeness (QED) is 0.832. The van der Waals surface area contributed by atoms with E-state index in [4.69, 9.17) is 20.5 Å². The SMILES string of the molecule is COc1cc(/C=C/CN)cc(C#N)c1OC. The van der Waals surface area contributed by atoms with Gasteiger partial charge in [-0.05, 0) is 17.7 Å². The van der Waals surface area contributed by atoms with Crippen molar-refractivity contribution in [3.8, 4) is 17.6 Å². The highest BCUT2D eigenvalue weighted by Gasteiger charge is 2.10. The van der Waals surface area contributed by atoms with Gasteiger partial charge >= 0.3 is 0 Å². The Morgan fingerprint density at radius 3 is 2.62 bits per heavy atom. The second-order valence-electron chi connectivity index (χ2n) is 3.05. The number of nitriles is 1. The average Bonchev–Trinajstić information content (AvgIpc) is 2.34. The van der Waals surface area contributed by atoms with Crippen LogP contribution in [0, 0.1) is 11.3 Å². The van der Waals surface area contributed by atoms with E-state index in [-0.39, 0.29) is 0 Å². The number of hydrogen-bond donors (Lipinski definition) is 1. The van der Waals surface area contributed by atoms with E-state index in [1.807, 2.05) is 12.2 Å². The summed E-state index contributed by atoms with van der Waals surface area (Å²) in [6.45, 7) is 0.455. The Balaban J connectivity index is 3.27. The minimum atomic E-state index is 0.443. The Bertz CT molecular complexity index is 433. The molecule has 0 spiro atoms. The molecule has 0 saturated carbocycles. The molecule has 0 aromatic heterocycles. The van der Waals surface area contributed by atoms with Gasteiger partial charge in [0.2, 0.25) is 0 Å². The number of hydrogen-bond acceptors (Lipinski definition) is 4. The summed E-state index contributed by atoms with van der Waals surface area (Å²) in [6, 6.07) is 5.60. The summed E-state index contributed by atoms with van der Waals surface area (Å²) in [4.78, 5) is 0. The molecule has 0 atom stereocenters. The normalized spacial score (nSPS) is 10.1. The molecule has 0 aliphatic carbocycles. The molecule has 4 nitrogen and oxygen atoms in total. The molecule has 1 aromatic rings. The lowest BCUT2D eigenvalue weighted by Crippen LogP contribution is -1.95. The minimum Gasteiger partial charge on any atom is -0.493 e. The summed E-state index contributed by atoms with van der Waals surface area (Å²) in [7, 11) is 3.05. The second-order valence-corrected chi connectivity index (χ2v) is 3.05. The number of ether oxygens (including phenoxy) is 2. The van der Waals surface area contributed by atoms with Crippen LogP contribution >= 0.6 is 0 Å². The summed E-state index contributed by atoms with van der Waals surface area (Å²) in [6.07, 6.45) is 3.64. The predicted octanol–water partition coefficient (Wildman–Crippen LogP) is 1.55. The van der Waals surface area contributed by atoms with Crippen molar-refractivity contribution in [3.63, 3.8) is 0 Å². The monoisotopic (exact) mass is 218 g/mol. The molecule has 0 heterocycles. The Morgan fingerprint density at radius 1 is 1.38 bits per heavy atom. The van der Waals surface area contributed by atoms with Crippen molar-refractivity contribution >= 4 is 6.08 Å². The summed E-state index contributed by atoms with van der Waals surface area (Å²) < 4.78 is 10.3. The Hall–Kier alpha value is -1.99. The maximum absolute atomic E-state index is 8.99. The lowest BCUT2D eigenvalue weighted by Gasteiger charge is -2.09. The summed E-state index contributed by atoms with van der Waals surface area (Å²) in [5, 5.41) is 8.99. The van der Waals surface area contributed by atoms with E-state index < -0.39 is 0 Å². The molecule has 84 valence electrons.